The van der Waals surface area contributed by atoms with Crippen molar-refractivity contribution in [3.63, 3.8) is 0 Å². The molecule has 0 nitrogen and oxygen atoms in total. The molecular weight excluding hydrogens is 150 g/mol. The van der Waals surface area contributed by atoms with Gasteiger partial charge in [0.05, 0.1) is 0 Å². The summed E-state index contributed by atoms with van der Waals surface area (Å²) < 4.78 is 0. The molecule has 0 bridgehead atoms. The molecule has 41 valence electrons. The van der Waals surface area contributed by atoms with E-state index < -0.39 is 0 Å². The number of hydrogen-bond donors (Lipinski definition) is 0. The fourth-order valence-corrected chi connectivity index (χ4v) is 0. The monoisotopic (exact) mass is 161 g/mol. The Morgan fingerprint density at radius 1 is 0.600 bits per heavy atom. The third-order valence-electron chi connectivity index (χ3n) is 0. The van der Waals surface area contributed by atoms with Crippen molar-refractivity contribution in [3.8, 4) is 0 Å². The van der Waals surface area contributed by atoms with Gasteiger partial charge in [-0.15, -0.1) is 0 Å². The van der Waals surface area contributed by atoms with E-state index in [-0.39, 0.29) is 51.7 Å². The van der Waals surface area contributed by atoms with Crippen LogP contribution in [-0.2, 0) is 17.1 Å². The summed E-state index contributed by atoms with van der Waals surface area (Å²) in [7, 11) is 0. The molecule has 2 unspecified atom stereocenters. The second-order valence-electron chi connectivity index (χ2n) is 0. The molecule has 0 N–H and O–H groups in total. The van der Waals surface area contributed by atoms with Crippen LogP contribution in [0.4, 0.5) is 0 Å². The Labute approximate surface area is 52.2 Å². The van der Waals surface area contributed by atoms with Gasteiger partial charge in [-0.05, 0) is 0 Å². The van der Waals surface area contributed by atoms with Gasteiger partial charge in [-0.1, -0.05) is 0 Å². The van der Waals surface area contributed by atoms with Crippen LogP contribution < -0.4 is 0 Å². The van der Waals surface area contributed by atoms with Gasteiger partial charge in [0.15, 0.2) is 0 Å². The Kier molecular flexibility index (Phi) is 1050. The van der Waals surface area contributed by atoms with Crippen molar-refractivity contribution in [2.45, 2.75) is 0 Å². The Balaban J connectivity index is 0. The summed E-state index contributed by atoms with van der Waals surface area (Å²) in [6, 6.07) is 0. The van der Waals surface area contributed by atoms with Crippen molar-refractivity contribution in [1.82, 2.24) is 0 Å². The second kappa shape index (κ2) is 54.2. The molecule has 0 spiro atoms. The molecule has 0 aromatic carbocycles. The maximum atomic E-state index is 0. The first-order valence-electron chi connectivity index (χ1n) is 0. The smallest absolute Gasteiger partial charge is 0.358 e. The van der Waals surface area contributed by atoms with Gasteiger partial charge in [0.2, 0.25) is 0 Å². The van der Waals surface area contributed by atoms with E-state index >= 15 is 0 Å². The molecule has 3 heteroatoms. The standard InChI is InChI=1S/2CH3.Cu.2H3P/h2*1H3;;2*1H3/q2*-1;+2;;. The molecule has 0 aliphatic rings. The van der Waals surface area contributed by atoms with Gasteiger partial charge in [-0.25, -0.2) is 0 Å². The first kappa shape index (κ1) is 97.0. The van der Waals surface area contributed by atoms with Crippen molar-refractivity contribution >= 4 is 19.8 Å². The Bertz CT molecular complexity index is 7.61. The van der Waals surface area contributed by atoms with Gasteiger partial charge in [0.25, 0.3) is 0 Å². The molecule has 0 aromatic heterocycles. The molecule has 5 heavy (non-hydrogen) atoms. The summed E-state index contributed by atoms with van der Waals surface area (Å²) in [6.45, 7) is 0. The Hall–Kier alpha value is 1.38. The van der Waals surface area contributed by atoms with Crippen molar-refractivity contribution in [2.24, 2.45) is 0 Å². The molecule has 0 aromatic rings. The van der Waals surface area contributed by atoms with Crippen LogP contribution in [0.2, 0.25) is 0 Å². The van der Waals surface area contributed by atoms with Gasteiger partial charge in [0, 0.05) is 0 Å². The van der Waals surface area contributed by atoms with E-state index in [1.54, 1.807) is 0 Å². The molecular formula is C2H12CuP2. The summed E-state index contributed by atoms with van der Waals surface area (Å²) in [5.41, 5.74) is 0. The quantitative estimate of drug-likeness (QED) is 0.283. The maximum absolute atomic E-state index is 0. The predicted molar refractivity (Wildman–Crippen MR) is 35.0 cm³/mol. The van der Waals surface area contributed by atoms with Gasteiger partial charge in [0.1, 0.15) is 0 Å². The zero-order valence-electron chi connectivity index (χ0n) is 3.72. The van der Waals surface area contributed by atoms with Crippen LogP contribution in [0.15, 0.2) is 0 Å². The molecule has 1 radical (unpaired) electrons. The number of hydrogen-bond acceptors (Lipinski definition) is 0. The average molecular weight is 162 g/mol. The van der Waals surface area contributed by atoms with Crippen LogP contribution in [0.5, 0.6) is 0 Å². The molecule has 0 saturated heterocycles. The molecule has 0 heterocycles. The molecule has 0 amide bonds. The van der Waals surface area contributed by atoms with Crippen molar-refractivity contribution in [3.05, 3.63) is 14.9 Å². The van der Waals surface area contributed by atoms with Crippen molar-refractivity contribution in [2.75, 3.05) is 0 Å². The average Bonchev–Trinajstić information content (AvgIpc) is 0. The fourth-order valence-electron chi connectivity index (χ4n) is 0. The van der Waals surface area contributed by atoms with Crippen molar-refractivity contribution in [1.29, 1.82) is 0 Å². The zero-order valence-corrected chi connectivity index (χ0v) is 7.49. The van der Waals surface area contributed by atoms with E-state index in [0.717, 1.165) is 0 Å². The number of rotatable bonds is 0. The molecule has 0 aliphatic carbocycles. The summed E-state index contributed by atoms with van der Waals surface area (Å²) in [4.78, 5) is 0. The summed E-state index contributed by atoms with van der Waals surface area (Å²) >= 11 is 0. The maximum Gasteiger partial charge on any atom is 2.00 e. The minimum atomic E-state index is 0. The molecule has 0 saturated carbocycles. The minimum absolute atomic E-state index is 0. The van der Waals surface area contributed by atoms with Crippen LogP contribution in [0.25, 0.3) is 0 Å². The van der Waals surface area contributed by atoms with Gasteiger partial charge < -0.3 is 14.9 Å². The van der Waals surface area contributed by atoms with Gasteiger partial charge >= 0.3 is 17.1 Å². The van der Waals surface area contributed by atoms with E-state index in [0.29, 0.717) is 0 Å². The molecule has 0 aliphatic heterocycles. The van der Waals surface area contributed by atoms with E-state index in [9.17, 15) is 0 Å². The summed E-state index contributed by atoms with van der Waals surface area (Å²) in [5, 5.41) is 0. The van der Waals surface area contributed by atoms with E-state index in [1.807, 2.05) is 0 Å². The van der Waals surface area contributed by atoms with Crippen LogP contribution in [0.1, 0.15) is 0 Å². The predicted octanol–water partition coefficient (Wildman–Crippen LogP) is 1.01. The molecule has 0 fully saturated rings. The van der Waals surface area contributed by atoms with Gasteiger partial charge in [-0.2, -0.15) is 19.8 Å². The third kappa shape index (κ3) is 32.3. The third-order valence-corrected chi connectivity index (χ3v) is 0. The largest absolute Gasteiger partial charge is 2.00 e. The van der Waals surface area contributed by atoms with E-state index in [4.69, 9.17) is 0 Å². The SMILES string of the molecule is P.P.[CH3-].[CH3-].[Cu+2]. The second-order valence-corrected chi connectivity index (χ2v) is 0. The summed E-state index contributed by atoms with van der Waals surface area (Å²) in [5.74, 6) is 0. The zero-order chi connectivity index (χ0) is 0. The fraction of sp³-hybridized carbons (Fsp3) is 0. The summed E-state index contributed by atoms with van der Waals surface area (Å²) in [6.07, 6.45) is 0. The first-order valence-corrected chi connectivity index (χ1v) is 0. The molecule has 0 rings (SSSR count). The first-order chi connectivity index (χ1) is 0. The normalized spacial score (nSPS) is 0. The van der Waals surface area contributed by atoms with Crippen LogP contribution >= 0.6 is 19.8 Å². The van der Waals surface area contributed by atoms with Crippen LogP contribution in [-0.4, -0.2) is 0 Å². The van der Waals surface area contributed by atoms with Crippen LogP contribution in [0, 0.1) is 14.9 Å². The van der Waals surface area contributed by atoms with Gasteiger partial charge in [-0.3, -0.25) is 0 Å². The van der Waals surface area contributed by atoms with Crippen LogP contribution in [0.3, 0.4) is 0 Å². The van der Waals surface area contributed by atoms with Crippen molar-refractivity contribution < 1.29 is 17.1 Å². The Morgan fingerprint density at radius 3 is 0.600 bits per heavy atom. The van der Waals surface area contributed by atoms with E-state index in [2.05, 4.69) is 0 Å². The molecule has 2 atom stereocenters. The minimum Gasteiger partial charge on any atom is -0.358 e. The van der Waals surface area contributed by atoms with E-state index in [1.165, 1.54) is 0 Å². The Morgan fingerprint density at radius 2 is 0.600 bits per heavy atom. The topological polar surface area (TPSA) is 0 Å².